The summed E-state index contributed by atoms with van der Waals surface area (Å²) in [5, 5.41) is 12.7. The normalized spacial score (nSPS) is 20.6. The number of hydrogen-bond acceptors (Lipinski definition) is 6. The number of nitrogens with one attached hydrogen (secondary N) is 1. The van der Waals surface area contributed by atoms with Gasteiger partial charge in [-0.25, -0.2) is 4.99 Å². The maximum Gasteiger partial charge on any atom is 0.316 e. The van der Waals surface area contributed by atoms with Gasteiger partial charge in [0.05, 0.1) is 14.2 Å². The average molecular weight is 376 g/mol. The van der Waals surface area contributed by atoms with Crippen molar-refractivity contribution in [1.29, 1.82) is 0 Å². The molecule has 2 unspecified atom stereocenters. The molecule has 1 aromatic carbocycles. The van der Waals surface area contributed by atoms with E-state index in [0.29, 0.717) is 5.17 Å². The van der Waals surface area contributed by atoms with Crippen LogP contribution in [0.25, 0.3) is 0 Å². The third-order valence-electron chi connectivity index (χ3n) is 4.71. The van der Waals surface area contributed by atoms with Gasteiger partial charge in [0.25, 0.3) is 0 Å². The minimum absolute atomic E-state index is 0.180. The summed E-state index contributed by atoms with van der Waals surface area (Å²) < 4.78 is 10.9. The minimum Gasteiger partial charge on any atom is -0.497 e. The first-order valence-electron chi connectivity index (χ1n) is 8.71. The summed E-state index contributed by atoms with van der Waals surface area (Å²) in [5.41, 5.74) is 3.38. The molecule has 1 aromatic rings. The van der Waals surface area contributed by atoms with Crippen LogP contribution in [0.3, 0.4) is 0 Å². The van der Waals surface area contributed by atoms with Gasteiger partial charge >= 0.3 is 5.97 Å². The fraction of sp³-hybridized carbons (Fsp3) is 0.474. The summed E-state index contributed by atoms with van der Waals surface area (Å²) in [6.07, 6.45) is 4.19. The van der Waals surface area contributed by atoms with Crippen LogP contribution < -0.4 is 14.8 Å². The van der Waals surface area contributed by atoms with Crippen molar-refractivity contribution >= 4 is 22.9 Å². The Bertz CT molecular complexity index is 760. The van der Waals surface area contributed by atoms with Crippen molar-refractivity contribution in [2.75, 3.05) is 14.2 Å². The molecule has 7 heteroatoms. The van der Waals surface area contributed by atoms with Crippen LogP contribution in [0, 0.1) is 0 Å². The lowest BCUT2D eigenvalue weighted by atomic mass is 9.86. The van der Waals surface area contributed by atoms with Gasteiger partial charge in [0, 0.05) is 11.3 Å². The molecule has 3 rings (SSSR count). The van der Waals surface area contributed by atoms with Crippen molar-refractivity contribution in [1.82, 2.24) is 5.32 Å². The first-order chi connectivity index (χ1) is 12.5. The van der Waals surface area contributed by atoms with Gasteiger partial charge in [-0.1, -0.05) is 11.8 Å². The van der Waals surface area contributed by atoms with E-state index in [2.05, 4.69) is 5.32 Å². The predicted molar refractivity (Wildman–Crippen MR) is 103 cm³/mol. The summed E-state index contributed by atoms with van der Waals surface area (Å²) in [4.78, 5) is 16.1. The van der Waals surface area contributed by atoms with Gasteiger partial charge in [-0.05, 0) is 56.4 Å². The highest BCUT2D eigenvalue weighted by molar-refractivity contribution is 8.14. The number of ether oxygens (including phenoxy) is 2. The van der Waals surface area contributed by atoms with Crippen LogP contribution in [0.4, 0.5) is 0 Å². The zero-order valence-corrected chi connectivity index (χ0v) is 16.1. The van der Waals surface area contributed by atoms with Crippen molar-refractivity contribution in [3.05, 3.63) is 35.0 Å². The minimum atomic E-state index is -0.849. The molecule has 0 radical (unpaired) electrons. The van der Waals surface area contributed by atoms with Gasteiger partial charge in [-0.15, -0.1) is 0 Å². The second-order valence-electron chi connectivity index (χ2n) is 6.38. The van der Waals surface area contributed by atoms with Crippen molar-refractivity contribution in [3.63, 3.8) is 0 Å². The van der Waals surface area contributed by atoms with Crippen LogP contribution in [0.5, 0.6) is 11.5 Å². The maximum atomic E-state index is 11.2. The molecule has 2 N–H and O–H groups in total. The Hall–Kier alpha value is -2.15. The molecule has 0 aromatic heterocycles. The second-order valence-corrected chi connectivity index (χ2v) is 7.71. The summed E-state index contributed by atoms with van der Waals surface area (Å²) in [6, 6.07) is 5.54. The Kier molecular flexibility index (Phi) is 5.76. The lowest BCUT2D eigenvalue weighted by Gasteiger charge is -2.32. The van der Waals surface area contributed by atoms with Gasteiger partial charge < -0.3 is 19.9 Å². The quantitative estimate of drug-likeness (QED) is 0.815. The van der Waals surface area contributed by atoms with Crippen molar-refractivity contribution in [3.8, 4) is 11.5 Å². The largest absolute Gasteiger partial charge is 0.497 e. The molecule has 2 atom stereocenters. The molecule has 1 heterocycles. The highest BCUT2D eigenvalue weighted by Crippen LogP contribution is 2.43. The number of aliphatic imine (C=N–C) groups is 1. The molecule has 140 valence electrons. The number of hydrogen-bond donors (Lipinski definition) is 2. The summed E-state index contributed by atoms with van der Waals surface area (Å²) in [5.74, 6) is 0.661. The zero-order chi connectivity index (χ0) is 18.7. The van der Waals surface area contributed by atoms with Crippen LogP contribution in [0.2, 0.25) is 0 Å². The van der Waals surface area contributed by atoms with E-state index in [0.717, 1.165) is 42.7 Å². The van der Waals surface area contributed by atoms with E-state index in [1.165, 1.54) is 23.0 Å². The molecule has 6 nitrogen and oxygen atoms in total. The topological polar surface area (TPSA) is 80.2 Å². The molecule has 0 spiro atoms. The third-order valence-corrected chi connectivity index (χ3v) is 5.70. The summed E-state index contributed by atoms with van der Waals surface area (Å²) in [6.45, 7) is 1.67. The van der Waals surface area contributed by atoms with Gasteiger partial charge in [0.1, 0.15) is 22.8 Å². The third kappa shape index (κ3) is 3.82. The number of nitrogens with zero attached hydrogens (tertiary/aromatic N) is 1. The van der Waals surface area contributed by atoms with E-state index in [4.69, 9.17) is 14.5 Å². The molecule has 0 amide bonds. The number of carboxylic acids is 1. The van der Waals surface area contributed by atoms with Crippen molar-refractivity contribution in [2.45, 2.75) is 43.9 Å². The van der Waals surface area contributed by atoms with Crippen LogP contribution in [0.1, 0.15) is 44.2 Å². The van der Waals surface area contributed by atoms with E-state index in [-0.39, 0.29) is 6.04 Å². The highest BCUT2D eigenvalue weighted by atomic mass is 32.2. The summed E-state index contributed by atoms with van der Waals surface area (Å²) >= 11 is 1.24. The van der Waals surface area contributed by atoms with Gasteiger partial charge in [-0.2, -0.15) is 0 Å². The second kappa shape index (κ2) is 8.03. The first kappa shape index (κ1) is 18.6. The van der Waals surface area contributed by atoms with E-state index >= 15 is 0 Å². The Morgan fingerprint density at radius 2 is 2.08 bits per heavy atom. The number of aliphatic carboxylic acids is 1. The van der Waals surface area contributed by atoms with Gasteiger partial charge in [-0.3, -0.25) is 4.79 Å². The lowest BCUT2D eigenvalue weighted by molar-refractivity contribution is -0.136. The number of carboxylic acid groups (broad SMARTS) is 1. The molecule has 0 fully saturated rings. The van der Waals surface area contributed by atoms with Crippen LogP contribution in [-0.4, -0.2) is 35.7 Å². The van der Waals surface area contributed by atoms with E-state index < -0.39 is 11.2 Å². The maximum absolute atomic E-state index is 11.2. The van der Waals surface area contributed by atoms with Crippen LogP contribution in [0.15, 0.2) is 34.5 Å². The average Bonchev–Trinajstić information content (AvgIpc) is 2.66. The number of thioether (sulfide) groups is 1. The monoisotopic (exact) mass is 376 g/mol. The molecule has 0 saturated carbocycles. The highest BCUT2D eigenvalue weighted by Gasteiger charge is 2.31. The number of rotatable bonds is 5. The molecule has 2 aliphatic rings. The van der Waals surface area contributed by atoms with Crippen molar-refractivity contribution in [2.24, 2.45) is 4.99 Å². The molecular weight excluding hydrogens is 352 g/mol. The van der Waals surface area contributed by atoms with Crippen molar-refractivity contribution < 1.29 is 19.4 Å². The lowest BCUT2D eigenvalue weighted by Crippen LogP contribution is -2.32. The van der Waals surface area contributed by atoms with Crippen LogP contribution >= 0.6 is 11.8 Å². The molecule has 0 bridgehead atoms. The fourth-order valence-corrected chi connectivity index (χ4v) is 4.10. The first-order valence-corrected chi connectivity index (χ1v) is 9.59. The standard InChI is InChI=1S/C19H24N2O4S/c1-11(18(22)23)26-19-20-15-7-5-4-6-13(15)17(21-19)14-10-12(24-2)8-9-16(14)25-3/h8-11,17H,4-7H2,1-3H3,(H,20,21)(H,22,23). The number of allylic oxidation sites excluding steroid dienone is 1. The zero-order valence-electron chi connectivity index (χ0n) is 15.2. The van der Waals surface area contributed by atoms with Crippen LogP contribution in [-0.2, 0) is 4.79 Å². The Morgan fingerprint density at radius 1 is 1.31 bits per heavy atom. The Balaban J connectivity index is 2.03. The number of methoxy groups -OCH3 is 2. The molecule has 26 heavy (non-hydrogen) atoms. The Morgan fingerprint density at radius 3 is 2.77 bits per heavy atom. The predicted octanol–water partition coefficient (Wildman–Crippen LogP) is 3.74. The molecule has 1 aliphatic carbocycles. The smallest absolute Gasteiger partial charge is 0.316 e. The number of carbonyl (C=O) groups is 1. The molecule has 0 saturated heterocycles. The van der Waals surface area contributed by atoms with E-state index in [1.807, 2.05) is 18.2 Å². The fourth-order valence-electron chi connectivity index (χ4n) is 3.32. The number of amidine groups is 1. The SMILES string of the molecule is COc1ccc(OC)c(C2N=C(SC(C)C(=O)O)NC3=C2CCCC3)c1. The molecule has 1 aliphatic heterocycles. The van der Waals surface area contributed by atoms with E-state index in [9.17, 15) is 9.90 Å². The summed E-state index contributed by atoms with van der Waals surface area (Å²) in [7, 11) is 3.28. The molecular formula is C19H24N2O4S. The van der Waals surface area contributed by atoms with Gasteiger partial charge in [0.15, 0.2) is 5.17 Å². The Labute approximate surface area is 157 Å². The van der Waals surface area contributed by atoms with E-state index in [1.54, 1.807) is 21.1 Å². The number of benzene rings is 1. The van der Waals surface area contributed by atoms with Gasteiger partial charge in [0.2, 0.25) is 0 Å².